The summed E-state index contributed by atoms with van der Waals surface area (Å²) < 4.78 is 10.9. The molecule has 3 N–H and O–H groups in total. The van der Waals surface area contributed by atoms with Crippen molar-refractivity contribution in [3.63, 3.8) is 0 Å². The molecular formula is C12H28N2O2. The Bertz CT molecular complexity index is 128. The minimum atomic E-state index is -0.0981. The van der Waals surface area contributed by atoms with Gasteiger partial charge in [0.1, 0.15) is 0 Å². The molecule has 0 aliphatic heterocycles. The van der Waals surface area contributed by atoms with Crippen LogP contribution in [0, 0.1) is 0 Å². The van der Waals surface area contributed by atoms with E-state index in [9.17, 15) is 0 Å². The second-order valence-corrected chi connectivity index (χ2v) is 3.75. The van der Waals surface area contributed by atoms with Gasteiger partial charge in [-0.2, -0.15) is 0 Å². The van der Waals surface area contributed by atoms with E-state index in [0.717, 1.165) is 26.1 Å². The summed E-state index contributed by atoms with van der Waals surface area (Å²) in [6.45, 7) is 7.98. The van der Waals surface area contributed by atoms with Crippen LogP contribution in [0.4, 0.5) is 0 Å². The molecule has 0 fully saturated rings. The van der Waals surface area contributed by atoms with E-state index in [4.69, 9.17) is 15.2 Å². The fourth-order valence-corrected chi connectivity index (χ4v) is 1.51. The lowest BCUT2D eigenvalue weighted by atomic mass is 10.2. The van der Waals surface area contributed by atoms with Crippen molar-refractivity contribution in [3.05, 3.63) is 0 Å². The fourth-order valence-electron chi connectivity index (χ4n) is 1.51. The third-order valence-corrected chi connectivity index (χ3v) is 2.32. The van der Waals surface area contributed by atoms with E-state index in [-0.39, 0.29) is 6.29 Å². The van der Waals surface area contributed by atoms with E-state index in [1.165, 1.54) is 19.3 Å². The quantitative estimate of drug-likeness (QED) is 0.395. The normalized spacial score (nSPS) is 11.2. The van der Waals surface area contributed by atoms with Crippen LogP contribution >= 0.6 is 0 Å². The smallest absolute Gasteiger partial charge is 0.169 e. The van der Waals surface area contributed by atoms with Crippen LogP contribution in [0.1, 0.15) is 39.5 Å². The Balaban J connectivity index is 3.25. The predicted octanol–water partition coefficient (Wildman–Crippen LogP) is 1.49. The summed E-state index contributed by atoms with van der Waals surface area (Å²) in [7, 11) is 0. The Labute approximate surface area is 99.9 Å². The molecule has 0 heterocycles. The molecule has 0 saturated heterocycles. The molecule has 0 atom stereocenters. The molecule has 98 valence electrons. The fraction of sp³-hybridized carbons (Fsp3) is 1.00. The van der Waals surface area contributed by atoms with Gasteiger partial charge >= 0.3 is 0 Å². The number of hydrogen-bond acceptors (Lipinski definition) is 4. The van der Waals surface area contributed by atoms with Gasteiger partial charge in [-0.05, 0) is 39.8 Å². The van der Waals surface area contributed by atoms with Gasteiger partial charge in [0.2, 0.25) is 0 Å². The highest BCUT2D eigenvalue weighted by molar-refractivity contribution is 4.53. The molecule has 0 aliphatic rings. The van der Waals surface area contributed by atoms with E-state index in [0.29, 0.717) is 13.2 Å². The highest BCUT2D eigenvalue weighted by atomic mass is 16.7. The zero-order chi connectivity index (χ0) is 12.1. The van der Waals surface area contributed by atoms with Gasteiger partial charge in [-0.25, -0.2) is 0 Å². The van der Waals surface area contributed by atoms with Crippen LogP contribution in [0.5, 0.6) is 0 Å². The molecule has 0 aromatic rings. The van der Waals surface area contributed by atoms with Crippen molar-refractivity contribution in [2.75, 3.05) is 32.8 Å². The average Bonchev–Trinajstić information content (AvgIpc) is 2.28. The van der Waals surface area contributed by atoms with Crippen LogP contribution in [-0.4, -0.2) is 39.1 Å². The maximum Gasteiger partial charge on any atom is 0.169 e. The van der Waals surface area contributed by atoms with Gasteiger partial charge in [0, 0.05) is 19.8 Å². The van der Waals surface area contributed by atoms with Gasteiger partial charge in [0.15, 0.2) is 6.29 Å². The largest absolute Gasteiger partial charge is 0.352 e. The molecule has 0 aromatic carbocycles. The first kappa shape index (κ1) is 15.8. The minimum absolute atomic E-state index is 0.0981. The van der Waals surface area contributed by atoms with E-state index >= 15 is 0 Å². The predicted molar refractivity (Wildman–Crippen MR) is 67.4 cm³/mol. The highest BCUT2D eigenvalue weighted by Crippen LogP contribution is 1.98. The number of hydrogen-bond donors (Lipinski definition) is 2. The van der Waals surface area contributed by atoms with Crippen LogP contribution < -0.4 is 11.1 Å². The SMILES string of the molecule is CCOC(CNCCCCCCN)OCC. The van der Waals surface area contributed by atoms with Crippen molar-refractivity contribution in [2.24, 2.45) is 5.73 Å². The van der Waals surface area contributed by atoms with Gasteiger partial charge in [-0.15, -0.1) is 0 Å². The standard InChI is InChI=1S/C12H28N2O2/c1-3-15-12(16-4-2)11-14-10-8-6-5-7-9-13/h12,14H,3-11,13H2,1-2H3. The zero-order valence-electron chi connectivity index (χ0n) is 10.8. The average molecular weight is 232 g/mol. The first-order valence-electron chi connectivity index (χ1n) is 6.49. The van der Waals surface area contributed by atoms with Gasteiger partial charge in [0.25, 0.3) is 0 Å². The first-order chi connectivity index (χ1) is 7.85. The molecule has 0 bridgehead atoms. The molecule has 0 radical (unpaired) electrons. The summed E-state index contributed by atoms with van der Waals surface area (Å²) in [4.78, 5) is 0. The lowest BCUT2D eigenvalue weighted by Gasteiger charge is -2.17. The molecule has 4 nitrogen and oxygen atoms in total. The molecule has 0 unspecified atom stereocenters. The second kappa shape index (κ2) is 12.9. The summed E-state index contributed by atoms with van der Waals surface area (Å²) in [5, 5.41) is 3.35. The van der Waals surface area contributed by atoms with E-state index in [2.05, 4.69) is 5.32 Å². The molecule has 0 saturated carbocycles. The third kappa shape index (κ3) is 10.4. The molecular weight excluding hydrogens is 204 g/mol. The monoisotopic (exact) mass is 232 g/mol. The van der Waals surface area contributed by atoms with Crippen LogP contribution in [0.2, 0.25) is 0 Å². The number of unbranched alkanes of at least 4 members (excludes halogenated alkanes) is 3. The maximum absolute atomic E-state index is 5.43. The molecule has 0 rings (SSSR count). The van der Waals surface area contributed by atoms with E-state index in [1.807, 2.05) is 13.8 Å². The van der Waals surface area contributed by atoms with Crippen LogP contribution in [0.15, 0.2) is 0 Å². The van der Waals surface area contributed by atoms with Crippen molar-refractivity contribution in [1.29, 1.82) is 0 Å². The summed E-state index contributed by atoms with van der Waals surface area (Å²) >= 11 is 0. The molecule has 0 aromatic heterocycles. The number of ether oxygens (including phenoxy) is 2. The van der Waals surface area contributed by atoms with Gasteiger partial charge < -0.3 is 20.5 Å². The molecule has 16 heavy (non-hydrogen) atoms. The van der Waals surface area contributed by atoms with Crippen molar-refractivity contribution in [2.45, 2.75) is 45.8 Å². The third-order valence-electron chi connectivity index (χ3n) is 2.32. The van der Waals surface area contributed by atoms with Gasteiger partial charge in [-0.3, -0.25) is 0 Å². The van der Waals surface area contributed by atoms with Crippen molar-refractivity contribution < 1.29 is 9.47 Å². The Kier molecular flexibility index (Phi) is 12.8. The van der Waals surface area contributed by atoms with Crippen LogP contribution in [0.25, 0.3) is 0 Å². The summed E-state index contributed by atoms with van der Waals surface area (Å²) in [5.41, 5.74) is 5.43. The molecule has 0 spiro atoms. The van der Waals surface area contributed by atoms with E-state index in [1.54, 1.807) is 0 Å². The zero-order valence-corrected chi connectivity index (χ0v) is 10.8. The lowest BCUT2D eigenvalue weighted by Crippen LogP contribution is -2.32. The Morgan fingerprint density at radius 3 is 2.19 bits per heavy atom. The van der Waals surface area contributed by atoms with E-state index < -0.39 is 0 Å². The highest BCUT2D eigenvalue weighted by Gasteiger charge is 2.05. The Hall–Kier alpha value is -0.160. The Morgan fingerprint density at radius 1 is 1.00 bits per heavy atom. The summed E-state index contributed by atoms with van der Waals surface area (Å²) in [6.07, 6.45) is 4.72. The maximum atomic E-state index is 5.43. The van der Waals surface area contributed by atoms with Crippen molar-refractivity contribution >= 4 is 0 Å². The molecule has 0 aliphatic carbocycles. The van der Waals surface area contributed by atoms with Crippen molar-refractivity contribution in [3.8, 4) is 0 Å². The molecule has 0 amide bonds. The summed E-state index contributed by atoms with van der Waals surface area (Å²) in [6, 6.07) is 0. The van der Waals surface area contributed by atoms with Crippen molar-refractivity contribution in [1.82, 2.24) is 5.32 Å². The number of rotatable bonds is 12. The van der Waals surface area contributed by atoms with Crippen LogP contribution in [0.3, 0.4) is 0 Å². The van der Waals surface area contributed by atoms with Gasteiger partial charge in [0.05, 0.1) is 0 Å². The number of nitrogens with two attached hydrogens (primary N) is 1. The first-order valence-corrected chi connectivity index (χ1v) is 6.49. The second-order valence-electron chi connectivity index (χ2n) is 3.75. The lowest BCUT2D eigenvalue weighted by molar-refractivity contribution is -0.132. The Morgan fingerprint density at radius 2 is 1.62 bits per heavy atom. The summed E-state index contributed by atoms with van der Waals surface area (Å²) in [5.74, 6) is 0. The molecule has 4 heteroatoms. The van der Waals surface area contributed by atoms with Gasteiger partial charge in [-0.1, -0.05) is 12.8 Å². The van der Waals surface area contributed by atoms with Crippen LogP contribution in [-0.2, 0) is 9.47 Å². The number of nitrogens with one attached hydrogen (secondary N) is 1. The minimum Gasteiger partial charge on any atom is -0.352 e. The topological polar surface area (TPSA) is 56.5 Å².